The van der Waals surface area contributed by atoms with Gasteiger partial charge >= 0.3 is 0 Å². The van der Waals surface area contributed by atoms with E-state index in [2.05, 4.69) is 27.8 Å². The van der Waals surface area contributed by atoms with E-state index in [-0.39, 0.29) is 11.0 Å². The Morgan fingerprint density at radius 3 is 2.28 bits per heavy atom. The molecule has 4 nitrogen and oxygen atoms in total. The van der Waals surface area contributed by atoms with Crippen LogP contribution in [0.5, 0.6) is 0 Å². The van der Waals surface area contributed by atoms with Crippen LogP contribution in [0, 0.1) is 0 Å². The average molecular weight is 347 g/mol. The summed E-state index contributed by atoms with van der Waals surface area (Å²) < 4.78 is 0. The third kappa shape index (κ3) is 4.96. The van der Waals surface area contributed by atoms with Crippen molar-refractivity contribution in [1.82, 2.24) is 10.3 Å². The first-order valence-electron chi connectivity index (χ1n) is 7.88. The molecule has 1 amide bonds. The topological polar surface area (TPSA) is 54.0 Å². The van der Waals surface area contributed by atoms with Crippen LogP contribution in [-0.4, -0.2) is 16.0 Å². The maximum absolute atomic E-state index is 12.1. The summed E-state index contributed by atoms with van der Waals surface area (Å²) in [4.78, 5) is 16.6. The van der Waals surface area contributed by atoms with Gasteiger partial charge in [0.15, 0.2) is 5.11 Å². The van der Waals surface area contributed by atoms with E-state index in [1.807, 2.05) is 42.5 Å². The van der Waals surface area contributed by atoms with Gasteiger partial charge in [-0.05, 0) is 42.0 Å². The smallest absolute Gasteiger partial charge is 0.257 e. The molecule has 25 heavy (non-hydrogen) atoms. The fraction of sp³-hybridized carbons (Fsp3) is 0.0500. The number of benzene rings is 2. The van der Waals surface area contributed by atoms with Crippen molar-refractivity contribution in [3.63, 3.8) is 0 Å². The van der Waals surface area contributed by atoms with Gasteiger partial charge in [0.05, 0.1) is 0 Å². The van der Waals surface area contributed by atoms with Gasteiger partial charge in [0.2, 0.25) is 0 Å². The van der Waals surface area contributed by atoms with E-state index in [9.17, 15) is 4.79 Å². The zero-order valence-corrected chi connectivity index (χ0v) is 14.3. The van der Waals surface area contributed by atoms with E-state index in [0.29, 0.717) is 11.4 Å². The van der Waals surface area contributed by atoms with Crippen molar-refractivity contribution < 1.29 is 4.79 Å². The van der Waals surface area contributed by atoms with Gasteiger partial charge in [0.1, 0.15) is 5.82 Å². The molecule has 0 fully saturated rings. The lowest BCUT2D eigenvalue weighted by molar-refractivity contribution is 0.0977. The van der Waals surface area contributed by atoms with Crippen molar-refractivity contribution >= 4 is 29.1 Å². The van der Waals surface area contributed by atoms with Crippen molar-refractivity contribution in [2.45, 2.75) is 6.42 Å². The summed E-state index contributed by atoms with van der Waals surface area (Å²) in [5.74, 6) is 0.352. The minimum Gasteiger partial charge on any atom is -0.317 e. The Morgan fingerprint density at radius 2 is 1.56 bits per heavy atom. The number of carbonyl (C=O) groups excluding carboxylic acids is 1. The predicted molar refractivity (Wildman–Crippen MR) is 104 cm³/mol. The molecule has 0 aliphatic rings. The number of rotatable bonds is 4. The summed E-state index contributed by atoms with van der Waals surface area (Å²) in [7, 11) is 0. The Labute approximate surface area is 151 Å². The molecular weight excluding hydrogens is 330 g/mol. The summed E-state index contributed by atoms with van der Waals surface area (Å²) in [6, 6.07) is 24.7. The number of anilines is 1. The lowest BCUT2D eigenvalue weighted by atomic mass is 10.1. The highest BCUT2D eigenvalue weighted by atomic mass is 32.1. The van der Waals surface area contributed by atoms with Gasteiger partial charge in [-0.1, -0.05) is 54.6 Å². The first-order chi connectivity index (χ1) is 12.2. The van der Waals surface area contributed by atoms with Gasteiger partial charge < -0.3 is 5.32 Å². The fourth-order valence-corrected chi connectivity index (χ4v) is 2.56. The summed E-state index contributed by atoms with van der Waals surface area (Å²) in [5, 5.41) is 5.83. The number of nitrogens with zero attached hydrogens (tertiary/aromatic N) is 1. The van der Waals surface area contributed by atoms with Crippen molar-refractivity contribution in [3.05, 3.63) is 95.7 Å². The van der Waals surface area contributed by atoms with E-state index in [1.165, 1.54) is 5.56 Å². The number of aromatic nitrogens is 1. The second-order valence-corrected chi connectivity index (χ2v) is 5.86. The van der Waals surface area contributed by atoms with Gasteiger partial charge in [0.25, 0.3) is 5.91 Å². The fourth-order valence-electron chi connectivity index (χ4n) is 2.37. The zero-order valence-electron chi connectivity index (χ0n) is 13.5. The lowest BCUT2D eigenvalue weighted by Gasteiger charge is -2.10. The first kappa shape index (κ1) is 16.8. The lowest BCUT2D eigenvalue weighted by Crippen LogP contribution is -2.34. The maximum atomic E-state index is 12.1. The monoisotopic (exact) mass is 347 g/mol. The summed E-state index contributed by atoms with van der Waals surface area (Å²) in [5.41, 5.74) is 2.66. The molecule has 0 saturated heterocycles. The van der Waals surface area contributed by atoms with Gasteiger partial charge in [-0.2, -0.15) is 0 Å². The van der Waals surface area contributed by atoms with Crippen LogP contribution in [0.2, 0.25) is 0 Å². The average Bonchev–Trinajstić information content (AvgIpc) is 2.63. The number of amides is 1. The molecule has 124 valence electrons. The molecule has 1 heterocycles. The van der Waals surface area contributed by atoms with E-state index in [4.69, 9.17) is 12.2 Å². The Morgan fingerprint density at radius 1 is 0.880 bits per heavy atom. The SMILES string of the molecule is O=C(NC(=S)Nc1cccc(Cc2ccccc2)n1)c1ccccc1. The molecule has 5 heteroatoms. The molecule has 0 unspecified atom stereocenters. The molecular formula is C20H17N3OS. The van der Waals surface area contributed by atoms with Crippen molar-refractivity contribution in [3.8, 4) is 0 Å². The van der Waals surface area contributed by atoms with E-state index >= 15 is 0 Å². The minimum absolute atomic E-state index is 0.221. The number of carbonyl (C=O) groups is 1. The number of hydrogen-bond donors (Lipinski definition) is 2. The summed E-state index contributed by atoms with van der Waals surface area (Å²) >= 11 is 5.20. The van der Waals surface area contributed by atoms with Crippen LogP contribution in [0.3, 0.4) is 0 Å². The van der Waals surface area contributed by atoms with Crippen LogP contribution >= 0.6 is 12.2 Å². The molecule has 0 aliphatic carbocycles. The van der Waals surface area contributed by atoms with Crippen LogP contribution in [0.25, 0.3) is 0 Å². The number of hydrogen-bond acceptors (Lipinski definition) is 3. The summed E-state index contributed by atoms with van der Waals surface area (Å²) in [6.45, 7) is 0. The van der Waals surface area contributed by atoms with Crippen molar-refractivity contribution in [2.75, 3.05) is 5.32 Å². The quantitative estimate of drug-likeness (QED) is 0.705. The highest BCUT2D eigenvalue weighted by molar-refractivity contribution is 7.80. The Balaban J connectivity index is 1.62. The maximum Gasteiger partial charge on any atom is 0.257 e. The highest BCUT2D eigenvalue weighted by Gasteiger charge is 2.08. The van der Waals surface area contributed by atoms with Crippen LogP contribution in [0.4, 0.5) is 5.82 Å². The molecule has 0 bridgehead atoms. The third-order valence-electron chi connectivity index (χ3n) is 3.54. The standard InChI is InChI=1S/C20H17N3OS/c24-19(16-10-5-2-6-11-16)23-20(25)22-18-13-7-12-17(21-18)14-15-8-3-1-4-9-15/h1-13H,14H2,(H2,21,22,23,24,25). The highest BCUT2D eigenvalue weighted by Crippen LogP contribution is 2.10. The molecule has 2 N–H and O–H groups in total. The molecule has 0 spiro atoms. The molecule has 1 aromatic heterocycles. The molecule has 0 radical (unpaired) electrons. The van der Waals surface area contributed by atoms with Gasteiger partial charge in [-0.25, -0.2) is 4.98 Å². The van der Waals surface area contributed by atoms with E-state index < -0.39 is 0 Å². The first-order valence-corrected chi connectivity index (χ1v) is 8.29. The van der Waals surface area contributed by atoms with Crippen LogP contribution in [-0.2, 0) is 6.42 Å². The van der Waals surface area contributed by atoms with Crippen LogP contribution in [0.1, 0.15) is 21.6 Å². The van der Waals surface area contributed by atoms with E-state index in [1.54, 1.807) is 24.3 Å². The zero-order chi connectivity index (χ0) is 17.5. The largest absolute Gasteiger partial charge is 0.317 e. The molecule has 0 saturated carbocycles. The number of pyridine rings is 1. The van der Waals surface area contributed by atoms with Gasteiger partial charge in [0, 0.05) is 17.7 Å². The molecule has 3 rings (SSSR count). The Bertz CT molecular complexity index is 866. The molecule has 3 aromatic rings. The van der Waals surface area contributed by atoms with Crippen LogP contribution < -0.4 is 10.6 Å². The Kier molecular flexibility index (Phi) is 5.49. The minimum atomic E-state index is -0.251. The number of thiocarbonyl (C=S) groups is 1. The predicted octanol–water partition coefficient (Wildman–Crippen LogP) is 3.80. The van der Waals surface area contributed by atoms with Crippen molar-refractivity contribution in [2.24, 2.45) is 0 Å². The second kappa shape index (κ2) is 8.17. The third-order valence-corrected chi connectivity index (χ3v) is 3.74. The summed E-state index contributed by atoms with van der Waals surface area (Å²) in [6.07, 6.45) is 0.736. The van der Waals surface area contributed by atoms with E-state index in [0.717, 1.165) is 12.1 Å². The molecule has 2 aromatic carbocycles. The van der Waals surface area contributed by atoms with Gasteiger partial charge in [-0.3, -0.25) is 10.1 Å². The van der Waals surface area contributed by atoms with Crippen molar-refractivity contribution in [1.29, 1.82) is 0 Å². The normalized spacial score (nSPS) is 10.1. The molecule has 0 atom stereocenters. The number of nitrogens with one attached hydrogen (secondary N) is 2. The van der Waals surface area contributed by atoms with Crippen LogP contribution in [0.15, 0.2) is 78.9 Å². The van der Waals surface area contributed by atoms with Gasteiger partial charge in [-0.15, -0.1) is 0 Å². The molecule has 0 aliphatic heterocycles. The second-order valence-electron chi connectivity index (χ2n) is 5.45. The Hall–Kier alpha value is -3.05.